The third kappa shape index (κ3) is 3.85. The van der Waals surface area contributed by atoms with Gasteiger partial charge in [-0.05, 0) is 42.8 Å². The van der Waals surface area contributed by atoms with Gasteiger partial charge < -0.3 is 14.5 Å². The highest BCUT2D eigenvalue weighted by molar-refractivity contribution is 5.94. The molecule has 3 rings (SSSR count). The fourth-order valence-corrected chi connectivity index (χ4v) is 2.62. The Bertz CT molecular complexity index is 874. The monoisotopic (exact) mass is 341 g/mol. The average molecular weight is 341 g/mol. The molecule has 0 aliphatic heterocycles. The molecular weight excluding hydrogens is 321 g/mol. The molecule has 0 saturated heterocycles. The number of methoxy groups -OCH3 is 1. The minimum Gasteiger partial charge on any atom is -0.383 e. The van der Waals surface area contributed by atoms with E-state index in [9.17, 15) is 9.18 Å². The minimum absolute atomic E-state index is 0.0224. The SMILES string of the molecule is CC[C@@H](COC)NC(=O)c1ccc2nc(-c3ccc(F)cc3)cn2c1. The Balaban J connectivity index is 1.84. The minimum atomic E-state index is -0.284. The number of ether oxygens (including phenoxy) is 1. The highest BCUT2D eigenvalue weighted by atomic mass is 19.1. The molecule has 3 aromatic rings. The molecule has 0 aliphatic rings. The van der Waals surface area contributed by atoms with Crippen molar-refractivity contribution in [3.63, 3.8) is 0 Å². The first-order valence-corrected chi connectivity index (χ1v) is 8.15. The van der Waals surface area contributed by atoms with E-state index in [4.69, 9.17) is 4.74 Å². The molecule has 1 atom stereocenters. The van der Waals surface area contributed by atoms with Crippen LogP contribution in [0, 0.1) is 5.82 Å². The van der Waals surface area contributed by atoms with Crippen molar-refractivity contribution in [3.05, 3.63) is 60.2 Å². The van der Waals surface area contributed by atoms with Crippen LogP contribution in [0.25, 0.3) is 16.9 Å². The number of hydrogen-bond donors (Lipinski definition) is 1. The molecular formula is C19H20FN3O2. The standard InChI is InChI=1S/C19H20FN3O2/c1-3-16(12-25-2)21-19(24)14-6-9-18-22-17(11-23(18)10-14)13-4-7-15(20)8-5-13/h4-11,16H,3,12H2,1-2H3,(H,21,24)/t16-/m0/s1. The van der Waals surface area contributed by atoms with Gasteiger partial charge in [-0.25, -0.2) is 9.37 Å². The molecule has 2 aromatic heterocycles. The van der Waals surface area contributed by atoms with E-state index in [0.717, 1.165) is 23.3 Å². The lowest BCUT2D eigenvalue weighted by Gasteiger charge is -2.15. The zero-order chi connectivity index (χ0) is 17.8. The molecule has 0 radical (unpaired) electrons. The second-order valence-corrected chi connectivity index (χ2v) is 5.85. The van der Waals surface area contributed by atoms with Gasteiger partial charge in [0.15, 0.2) is 0 Å². The Labute approximate surface area is 145 Å². The first-order chi connectivity index (χ1) is 12.1. The van der Waals surface area contributed by atoms with Gasteiger partial charge >= 0.3 is 0 Å². The normalized spacial score (nSPS) is 12.3. The quantitative estimate of drug-likeness (QED) is 0.748. The number of imidazole rings is 1. The largest absolute Gasteiger partial charge is 0.383 e. The van der Waals surface area contributed by atoms with Crippen LogP contribution in [0.4, 0.5) is 4.39 Å². The van der Waals surface area contributed by atoms with E-state index in [0.29, 0.717) is 12.2 Å². The number of carbonyl (C=O) groups excluding carboxylic acids is 1. The topological polar surface area (TPSA) is 55.6 Å². The van der Waals surface area contributed by atoms with Crippen molar-refractivity contribution < 1.29 is 13.9 Å². The number of aromatic nitrogens is 2. The van der Waals surface area contributed by atoms with Crippen LogP contribution in [0.5, 0.6) is 0 Å². The molecule has 0 bridgehead atoms. The van der Waals surface area contributed by atoms with E-state index in [2.05, 4.69) is 10.3 Å². The molecule has 0 spiro atoms. The van der Waals surface area contributed by atoms with Crippen molar-refractivity contribution in [2.75, 3.05) is 13.7 Å². The fourth-order valence-electron chi connectivity index (χ4n) is 2.62. The van der Waals surface area contributed by atoms with Crippen molar-refractivity contribution >= 4 is 11.6 Å². The number of carbonyl (C=O) groups is 1. The molecule has 1 aromatic carbocycles. The van der Waals surface area contributed by atoms with E-state index in [-0.39, 0.29) is 17.8 Å². The zero-order valence-corrected chi connectivity index (χ0v) is 14.2. The maximum Gasteiger partial charge on any atom is 0.253 e. The van der Waals surface area contributed by atoms with Crippen LogP contribution in [0.2, 0.25) is 0 Å². The second kappa shape index (κ2) is 7.44. The van der Waals surface area contributed by atoms with Gasteiger partial charge in [0.2, 0.25) is 0 Å². The predicted molar refractivity (Wildman–Crippen MR) is 94.0 cm³/mol. The van der Waals surface area contributed by atoms with Crippen molar-refractivity contribution in [3.8, 4) is 11.3 Å². The van der Waals surface area contributed by atoms with E-state index >= 15 is 0 Å². The van der Waals surface area contributed by atoms with Crippen molar-refractivity contribution in [1.82, 2.24) is 14.7 Å². The van der Waals surface area contributed by atoms with Gasteiger partial charge in [0.05, 0.1) is 23.9 Å². The van der Waals surface area contributed by atoms with Gasteiger partial charge in [-0.3, -0.25) is 4.79 Å². The molecule has 5 nitrogen and oxygen atoms in total. The molecule has 0 fully saturated rings. The summed E-state index contributed by atoms with van der Waals surface area (Å²) in [5, 5.41) is 2.95. The summed E-state index contributed by atoms with van der Waals surface area (Å²) in [6, 6.07) is 9.68. The van der Waals surface area contributed by atoms with Crippen molar-refractivity contribution in [1.29, 1.82) is 0 Å². The molecule has 130 valence electrons. The zero-order valence-electron chi connectivity index (χ0n) is 14.2. The molecule has 1 amide bonds. The van der Waals surface area contributed by atoms with Crippen LogP contribution < -0.4 is 5.32 Å². The summed E-state index contributed by atoms with van der Waals surface area (Å²) in [6.45, 7) is 2.47. The maximum absolute atomic E-state index is 13.1. The lowest BCUT2D eigenvalue weighted by Crippen LogP contribution is -2.37. The summed E-state index contributed by atoms with van der Waals surface area (Å²) >= 11 is 0. The highest BCUT2D eigenvalue weighted by Gasteiger charge is 2.13. The third-order valence-electron chi connectivity index (χ3n) is 4.05. The van der Waals surface area contributed by atoms with Crippen LogP contribution in [-0.4, -0.2) is 35.1 Å². The van der Waals surface area contributed by atoms with Gasteiger partial charge in [0.25, 0.3) is 5.91 Å². The molecule has 25 heavy (non-hydrogen) atoms. The average Bonchev–Trinajstić information content (AvgIpc) is 3.05. The van der Waals surface area contributed by atoms with Crippen LogP contribution >= 0.6 is 0 Å². The molecule has 0 unspecified atom stereocenters. The first kappa shape index (κ1) is 17.1. The Hall–Kier alpha value is -2.73. The highest BCUT2D eigenvalue weighted by Crippen LogP contribution is 2.20. The number of nitrogens with one attached hydrogen (secondary N) is 1. The summed E-state index contributed by atoms with van der Waals surface area (Å²) in [4.78, 5) is 16.9. The van der Waals surface area contributed by atoms with Crippen LogP contribution in [-0.2, 0) is 4.74 Å². The third-order valence-corrected chi connectivity index (χ3v) is 4.05. The number of benzene rings is 1. The first-order valence-electron chi connectivity index (χ1n) is 8.15. The lowest BCUT2D eigenvalue weighted by molar-refractivity contribution is 0.0894. The summed E-state index contributed by atoms with van der Waals surface area (Å²) in [6.07, 6.45) is 4.36. The molecule has 0 saturated carbocycles. The van der Waals surface area contributed by atoms with Crippen LogP contribution in [0.3, 0.4) is 0 Å². The lowest BCUT2D eigenvalue weighted by atomic mass is 10.2. The number of amides is 1. The van der Waals surface area contributed by atoms with E-state index in [1.165, 1.54) is 12.1 Å². The number of pyridine rings is 1. The van der Waals surface area contributed by atoms with Gasteiger partial charge in [-0.15, -0.1) is 0 Å². The Morgan fingerprint density at radius 2 is 2.00 bits per heavy atom. The van der Waals surface area contributed by atoms with Gasteiger partial charge in [-0.2, -0.15) is 0 Å². The van der Waals surface area contributed by atoms with E-state index in [1.54, 1.807) is 42.0 Å². The number of rotatable bonds is 6. The number of halogens is 1. The smallest absolute Gasteiger partial charge is 0.253 e. The Morgan fingerprint density at radius 3 is 2.68 bits per heavy atom. The Morgan fingerprint density at radius 1 is 1.24 bits per heavy atom. The second-order valence-electron chi connectivity index (χ2n) is 5.85. The summed E-state index contributed by atoms with van der Waals surface area (Å²) in [5.41, 5.74) is 2.82. The summed E-state index contributed by atoms with van der Waals surface area (Å²) in [5.74, 6) is -0.434. The number of hydrogen-bond acceptors (Lipinski definition) is 3. The predicted octanol–water partition coefficient (Wildman–Crippen LogP) is 3.30. The maximum atomic E-state index is 13.1. The molecule has 2 heterocycles. The van der Waals surface area contributed by atoms with Crippen molar-refractivity contribution in [2.24, 2.45) is 0 Å². The van der Waals surface area contributed by atoms with E-state index < -0.39 is 0 Å². The van der Waals surface area contributed by atoms with E-state index in [1.807, 2.05) is 13.1 Å². The van der Waals surface area contributed by atoms with Crippen LogP contribution in [0.15, 0.2) is 48.8 Å². The molecule has 0 aliphatic carbocycles. The molecule has 6 heteroatoms. The fraction of sp³-hybridized carbons (Fsp3) is 0.263. The Kier molecular flexibility index (Phi) is 5.09. The number of fused-ring (bicyclic) bond motifs is 1. The summed E-state index contributed by atoms with van der Waals surface area (Å²) in [7, 11) is 1.61. The van der Waals surface area contributed by atoms with Gasteiger partial charge in [0.1, 0.15) is 11.5 Å². The summed E-state index contributed by atoms with van der Waals surface area (Å²) < 4.78 is 20.0. The van der Waals surface area contributed by atoms with Gasteiger partial charge in [-0.1, -0.05) is 6.92 Å². The number of nitrogens with zero attached hydrogens (tertiary/aromatic N) is 2. The van der Waals surface area contributed by atoms with Crippen molar-refractivity contribution in [2.45, 2.75) is 19.4 Å². The van der Waals surface area contributed by atoms with Gasteiger partial charge in [0, 0.05) is 25.1 Å². The molecule has 1 N–H and O–H groups in total. The van der Waals surface area contributed by atoms with Crippen LogP contribution in [0.1, 0.15) is 23.7 Å².